The SMILES string of the molecule is CCCCC1CC1CNc1ccc(/C=C/C(=O)O)cc1. The van der Waals surface area contributed by atoms with Crippen molar-refractivity contribution in [2.24, 2.45) is 11.8 Å². The second-order valence-corrected chi connectivity index (χ2v) is 5.57. The quantitative estimate of drug-likeness (QED) is 0.703. The van der Waals surface area contributed by atoms with E-state index in [-0.39, 0.29) is 0 Å². The average molecular weight is 273 g/mol. The van der Waals surface area contributed by atoms with E-state index in [1.54, 1.807) is 6.08 Å². The fraction of sp³-hybridized carbons (Fsp3) is 0.471. The lowest BCUT2D eigenvalue weighted by Crippen LogP contribution is -2.04. The first-order chi connectivity index (χ1) is 9.69. The van der Waals surface area contributed by atoms with Crippen molar-refractivity contribution in [1.29, 1.82) is 0 Å². The zero-order chi connectivity index (χ0) is 14.4. The Morgan fingerprint density at radius 3 is 2.75 bits per heavy atom. The number of carboxylic acid groups (broad SMARTS) is 1. The van der Waals surface area contributed by atoms with Crippen molar-refractivity contribution >= 4 is 17.7 Å². The number of unbranched alkanes of at least 4 members (excludes halogenated alkanes) is 1. The maximum absolute atomic E-state index is 10.4. The summed E-state index contributed by atoms with van der Waals surface area (Å²) >= 11 is 0. The van der Waals surface area contributed by atoms with Crippen LogP contribution in [0.15, 0.2) is 30.3 Å². The van der Waals surface area contributed by atoms with Gasteiger partial charge in [-0.05, 0) is 42.0 Å². The van der Waals surface area contributed by atoms with E-state index in [2.05, 4.69) is 12.2 Å². The number of hydrogen-bond acceptors (Lipinski definition) is 2. The molecule has 1 saturated carbocycles. The number of hydrogen-bond donors (Lipinski definition) is 2. The minimum atomic E-state index is -0.918. The fourth-order valence-electron chi connectivity index (χ4n) is 2.51. The van der Waals surface area contributed by atoms with Crippen LogP contribution in [0.1, 0.15) is 38.2 Å². The minimum absolute atomic E-state index is 0.841. The van der Waals surface area contributed by atoms with Gasteiger partial charge in [-0.15, -0.1) is 0 Å². The Hall–Kier alpha value is -1.77. The van der Waals surface area contributed by atoms with Crippen molar-refractivity contribution in [2.75, 3.05) is 11.9 Å². The number of carboxylic acids is 1. The van der Waals surface area contributed by atoms with Crippen LogP contribution < -0.4 is 5.32 Å². The van der Waals surface area contributed by atoms with Crippen molar-refractivity contribution in [3.8, 4) is 0 Å². The van der Waals surface area contributed by atoms with Crippen molar-refractivity contribution in [3.05, 3.63) is 35.9 Å². The van der Waals surface area contributed by atoms with Crippen LogP contribution in [0, 0.1) is 11.8 Å². The number of rotatable bonds is 8. The zero-order valence-electron chi connectivity index (χ0n) is 12.0. The lowest BCUT2D eigenvalue weighted by molar-refractivity contribution is -0.131. The van der Waals surface area contributed by atoms with Gasteiger partial charge in [0.15, 0.2) is 0 Å². The Kier molecular flexibility index (Phi) is 5.22. The second kappa shape index (κ2) is 7.13. The van der Waals surface area contributed by atoms with Crippen LogP contribution in [-0.4, -0.2) is 17.6 Å². The molecule has 1 aromatic carbocycles. The van der Waals surface area contributed by atoms with Gasteiger partial charge >= 0.3 is 5.97 Å². The summed E-state index contributed by atoms with van der Waals surface area (Å²) in [6, 6.07) is 7.88. The predicted molar refractivity (Wildman–Crippen MR) is 82.7 cm³/mol. The molecule has 1 aliphatic rings. The molecule has 1 aliphatic carbocycles. The molecule has 108 valence electrons. The first-order valence-electron chi connectivity index (χ1n) is 7.44. The average Bonchev–Trinajstić information content (AvgIpc) is 3.20. The molecule has 2 rings (SSSR count). The Morgan fingerprint density at radius 1 is 1.35 bits per heavy atom. The molecule has 2 N–H and O–H groups in total. The molecule has 3 heteroatoms. The minimum Gasteiger partial charge on any atom is -0.478 e. The van der Waals surface area contributed by atoms with Crippen LogP contribution >= 0.6 is 0 Å². The molecule has 2 unspecified atom stereocenters. The molecule has 20 heavy (non-hydrogen) atoms. The first kappa shape index (κ1) is 14.6. The van der Waals surface area contributed by atoms with E-state index in [9.17, 15) is 4.79 Å². The van der Waals surface area contributed by atoms with Crippen LogP contribution in [0.4, 0.5) is 5.69 Å². The maximum atomic E-state index is 10.4. The Balaban J connectivity index is 1.73. The summed E-state index contributed by atoms with van der Waals surface area (Å²) in [6.45, 7) is 3.30. The molecule has 1 fully saturated rings. The molecule has 0 aromatic heterocycles. The molecule has 3 nitrogen and oxygen atoms in total. The van der Waals surface area contributed by atoms with Gasteiger partial charge in [-0.2, -0.15) is 0 Å². The van der Waals surface area contributed by atoms with Gasteiger partial charge in [-0.1, -0.05) is 38.3 Å². The van der Waals surface area contributed by atoms with Crippen molar-refractivity contribution in [3.63, 3.8) is 0 Å². The van der Waals surface area contributed by atoms with Crippen molar-refractivity contribution in [2.45, 2.75) is 32.6 Å². The molecule has 0 heterocycles. The summed E-state index contributed by atoms with van der Waals surface area (Å²) in [4.78, 5) is 10.4. The Bertz CT molecular complexity index is 464. The van der Waals surface area contributed by atoms with Gasteiger partial charge in [0.2, 0.25) is 0 Å². The Morgan fingerprint density at radius 2 is 2.10 bits per heavy atom. The highest BCUT2D eigenvalue weighted by molar-refractivity contribution is 5.85. The Labute approximate surface area is 120 Å². The number of carbonyl (C=O) groups is 1. The van der Waals surface area contributed by atoms with Crippen LogP contribution in [0.3, 0.4) is 0 Å². The zero-order valence-corrected chi connectivity index (χ0v) is 12.0. The summed E-state index contributed by atoms with van der Waals surface area (Å²) in [5, 5.41) is 12.0. The largest absolute Gasteiger partial charge is 0.478 e. The topological polar surface area (TPSA) is 49.3 Å². The van der Waals surface area contributed by atoms with E-state index in [1.807, 2.05) is 24.3 Å². The van der Waals surface area contributed by atoms with Gasteiger partial charge in [0.1, 0.15) is 0 Å². The first-order valence-corrected chi connectivity index (χ1v) is 7.44. The standard InChI is InChI=1S/C17H23NO2/c1-2-3-4-14-11-15(14)12-18-16-8-5-13(6-9-16)7-10-17(19)20/h5-10,14-15,18H,2-4,11-12H2,1H3,(H,19,20)/b10-7+. The number of benzene rings is 1. The summed E-state index contributed by atoms with van der Waals surface area (Å²) in [5.41, 5.74) is 2.02. The third kappa shape index (κ3) is 4.72. The van der Waals surface area contributed by atoms with E-state index in [4.69, 9.17) is 5.11 Å². The second-order valence-electron chi connectivity index (χ2n) is 5.57. The number of aliphatic carboxylic acids is 1. The fourth-order valence-corrected chi connectivity index (χ4v) is 2.51. The van der Waals surface area contributed by atoms with Gasteiger partial charge in [-0.25, -0.2) is 4.79 Å². The molecular formula is C17H23NO2. The molecule has 0 spiro atoms. The third-order valence-electron chi connectivity index (χ3n) is 3.89. The van der Waals surface area contributed by atoms with E-state index < -0.39 is 5.97 Å². The van der Waals surface area contributed by atoms with Gasteiger partial charge in [-0.3, -0.25) is 0 Å². The molecule has 0 bridgehead atoms. The van der Waals surface area contributed by atoms with Gasteiger partial charge < -0.3 is 10.4 Å². The highest BCUT2D eigenvalue weighted by Crippen LogP contribution is 2.42. The van der Waals surface area contributed by atoms with E-state index in [0.29, 0.717) is 0 Å². The van der Waals surface area contributed by atoms with Crippen LogP contribution in [-0.2, 0) is 4.79 Å². The van der Waals surface area contributed by atoms with Crippen LogP contribution in [0.25, 0.3) is 6.08 Å². The molecular weight excluding hydrogens is 250 g/mol. The van der Waals surface area contributed by atoms with Gasteiger partial charge in [0.25, 0.3) is 0 Å². The molecule has 0 aliphatic heterocycles. The predicted octanol–water partition coefficient (Wildman–Crippen LogP) is 4.02. The normalized spacial score (nSPS) is 21.1. The summed E-state index contributed by atoms with van der Waals surface area (Å²) in [7, 11) is 0. The van der Waals surface area contributed by atoms with Crippen LogP contribution in [0.5, 0.6) is 0 Å². The molecule has 0 amide bonds. The smallest absolute Gasteiger partial charge is 0.328 e. The molecule has 0 saturated heterocycles. The van der Waals surface area contributed by atoms with E-state index in [1.165, 1.54) is 25.7 Å². The van der Waals surface area contributed by atoms with Gasteiger partial charge in [0.05, 0.1) is 0 Å². The summed E-state index contributed by atoms with van der Waals surface area (Å²) < 4.78 is 0. The summed E-state index contributed by atoms with van der Waals surface area (Å²) in [5.74, 6) is 0.854. The number of nitrogens with one attached hydrogen (secondary N) is 1. The van der Waals surface area contributed by atoms with Crippen molar-refractivity contribution < 1.29 is 9.90 Å². The molecule has 1 aromatic rings. The van der Waals surface area contributed by atoms with Crippen molar-refractivity contribution in [1.82, 2.24) is 0 Å². The highest BCUT2D eigenvalue weighted by atomic mass is 16.4. The molecule has 0 radical (unpaired) electrons. The lowest BCUT2D eigenvalue weighted by Gasteiger charge is -2.06. The van der Waals surface area contributed by atoms with E-state index >= 15 is 0 Å². The third-order valence-corrected chi connectivity index (χ3v) is 3.89. The van der Waals surface area contributed by atoms with E-state index in [0.717, 1.165) is 35.7 Å². The van der Waals surface area contributed by atoms with Gasteiger partial charge in [0, 0.05) is 18.3 Å². The maximum Gasteiger partial charge on any atom is 0.328 e. The lowest BCUT2D eigenvalue weighted by atomic mass is 10.1. The van der Waals surface area contributed by atoms with Crippen LogP contribution in [0.2, 0.25) is 0 Å². The number of anilines is 1. The molecule has 2 atom stereocenters. The monoisotopic (exact) mass is 273 g/mol. The highest BCUT2D eigenvalue weighted by Gasteiger charge is 2.35. The summed E-state index contributed by atoms with van der Waals surface area (Å²) in [6.07, 6.45) is 8.15.